The van der Waals surface area contributed by atoms with Crippen molar-refractivity contribution >= 4 is 39.8 Å². The second kappa shape index (κ2) is 22.0. The molecule has 7 nitrogen and oxygen atoms in total. The summed E-state index contributed by atoms with van der Waals surface area (Å²) < 4.78 is 0. The molecule has 1 aliphatic heterocycles. The van der Waals surface area contributed by atoms with Gasteiger partial charge in [0.25, 0.3) is 0 Å². The van der Waals surface area contributed by atoms with Crippen molar-refractivity contribution in [2.75, 3.05) is 45.6 Å². The van der Waals surface area contributed by atoms with Gasteiger partial charge in [-0.2, -0.15) is 0 Å². The lowest BCUT2D eigenvalue weighted by Gasteiger charge is -2.39. The first-order valence-corrected chi connectivity index (χ1v) is 22.6. The van der Waals surface area contributed by atoms with Gasteiger partial charge in [0.15, 0.2) is 0 Å². The summed E-state index contributed by atoms with van der Waals surface area (Å²) in [5.74, 6) is 0.235. The molecule has 1 amide bonds. The molecule has 1 atom stereocenters. The molecule has 1 saturated heterocycles. The average molecular weight is 823 g/mol. The Morgan fingerprint density at radius 1 is 0.983 bits per heavy atom. The molecule has 0 saturated carbocycles. The van der Waals surface area contributed by atoms with Crippen molar-refractivity contribution in [2.45, 2.75) is 84.1 Å². The number of carbonyl (C=O) groups excluding carboxylic acids is 1. The zero-order valence-corrected chi connectivity index (χ0v) is 37.2. The summed E-state index contributed by atoms with van der Waals surface area (Å²) >= 11 is 1.85. The molecule has 1 unspecified atom stereocenters. The van der Waals surface area contributed by atoms with Crippen LogP contribution in [0.4, 0.5) is 5.69 Å². The smallest absolute Gasteiger partial charge is 0.222 e. The SMILES string of the molecule is C=CCCC(C(=C)NC)N(C)Cc1c(C=C)csc1CCc1ccc(CNCCCNc2cc(-c3cc(C)cc4ccccc34)ccc2CNC2CN(C(=O)CC)C2)cc1. The van der Waals surface area contributed by atoms with Crippen LogP contribution in [-0.2, 0) is 37.3 Å². The highest BCUT2D eigenvalue weighted by atomic mass is 32.1. The number of nitrogens with zero attached hydrogens (tertiary/aromatic N) is 2. The van der Waals surface area contributed by atoms with Crippen molar-refractivity contribution in [3.8, 4) is 11.1 Å². The van der Waals surface area contributed by atoms with Gasteiger partial charge in [-0.15, -0.1) is 17.9 Å². The van der Waals surface area contributed by atoms with Crippen molar-refractivity contribution < 1.29 is 4.79 Å². The minimum atomic E-state index is 0.235. The summed E-state index contributed by atoms with van der Waals surface area (Å²) in [6.07, 6.45) is 9.52. The highest BCUT2D eigenvalue weighted by molar-refractivity contribution is 7.10. The molecule has 316 valence electrons. The first-order valence-electron chi connectivity index (χ1n) is 21.8. The van der Waals surface area contributed by atoms with Crippen LogP contribution in [0.1, 0.15) is 70.9 Å². The van der Waals surface area contributed by atoms with E-state index >= 15 is 0 Å². The third kappa shape index (κ3) is 11.6. The van der Waals surface area contributed by atoms with E-state index in [1.807, 2.05) is 42.4 Å². The van der Waals surface area contributed by atoms with Crippen molar-refractivity contribution in [1.82, 2.24) is 25.8 Å². The lowest BCUT2D eigenvalue weighted by atomic mass is 9.94. The highest BCUT2D eigenvalue weighted by Crippen LogP contribution is 2.33. The Morgan fingerprint density at radius 2 is 1.77 bits per heavy atom. The first kappa shape index (κ1) is 44.6. The number of rotatable bonds is 24. The number of hydrogen-bond donors (Lipinski definition) is 4. The summed E-state index contributed by atoms with van der Waals surface area (Å²) in [5.41, 5.74) is 12.5. The largest absolute Gasteiger partial charge is 0.391 e. The minimum Gasteiger partial charge on any atom is -0.391 e. The summed E-state index contributed by atoms with van der Waals surface area (Å²) in [4.78, 5) is 17.9. The standard InChI is InChI=1S/C52H66N6OS/c1-8-11-17-50(38(5)53-6)57(7)35-48-41(9-2)36-60-51(48)25-22-39-18-20-40(21-19-39)31-54-26-14-27-55-49-30-43(47-29-37(4)28-42-15-12-13-16-46(42)47)23-24-44(49)32-56-45-33-58(34-45)52(59)10-3/h8-9,12-13,15-16,18-21,23-24,28-30,36,45,50,53-56H,1-2,5,10-11,14,17,22,25-27,31-35H2,3-4,6-7H3. The zero-order valence-electron chi connectivity index (χ0n) is 36.4. The second-order valence-corrected chi connectivity index (χ2v) is 17.2. The number of likely N-dealkylation sites (tertiary alicyclic amines) is 1. The molecule has 4 N–H and O–H groups in total. The van der Waals surface area contributed by atoms with E-state index in [0.29, 0.717) is 12.5 Å². The predicted octanol–water partition coefficient (Wildman–Crippen LogP) is 10.1. The van der Waals surface area contributed by atoms with E-state index in [-0.39, 0.29) is 11.9 Å². The number of anilines is 1. The average Bonchev–Trinajstić information content (AvgIpc) is 3.64. The predicted molar refractivity (Wildman–Crippen MR) is 258 cm³/mol. The third-order valence-electron chi connectivity index (χ3n) is 11.9. The van der Waals surface area contributed by atoms with Crippen molar-refractivity contribution in [1.29, 1.82) is 0 Å². The minimum absolute atomic E-state index is 0.235. The number of fused-ring (bicyclic) bond motifs is 1. The van der Waals surface area contributed by atoms with E-state index in [1.165, 1.54) is 60.2 Å². The highest BCUT2D eigenvalue weighted by Gasteiger charge is 2.29. The van der Waals surface area contributed by atoms with Gasteiger partial charge >= 0.3 is 0 Å². The van der Waals surface area contributed by atoms with Gasteiger partial charge < -0.3 is 26.2 Å². The molecule has 0 spiro atoms. The van der Waals surface area contributed by atoms with Gasteiger partial charge in [0.1, 0.15) is 0 Å². The van der Waals surface area contributed by atoms with E-state index in [2.05, 4.69) is 144 Å². The van der Waals surface area contributed by atoms with Crippen LogP contribution in [0.2, 0.25) is 0 Å². The second-order valence-electron chi connectivity index (χ2n) is 16.3. The van der Waals surface area contributed by atoms with Crippen LogP contribution in [0.25, 0.3) is 28.0 Å². The molecule has 5 aromatic rings. The van der Waals surface area contributed by atoms with Crippen molar-refractivity contribution in [3.05, 3.63) is 154 Å². The fourth-order valence-corrected chi connectivity index (χ4v) is 9.32. The fourth-order valence-electron chi connectivity index (χ4n) is 8.26. The van der Waals surface area contributed by atoms with E-state index in [0.717, 1.165) is 89.3 Å². The molecular weight excluding hydrogens is 757 g/mol. The Balaban J connectivity index is 1.00. The Bertz CT molecular complexity index is 2220. The summed E-state index contributed by atoms with van der Waals surface area (Å²) in [6, 6.07) is 29.7. The van der Waals surface area contributed by atoms with Crippen LogP contribution >= 0.6 is 11.3 Å². The lowest BCUT2D eigenvalue weighted by molar-refractivity contribution is -0.135. The Labute approximate surface area is 363 Å². The number of nitrogens with one attached hydrogen (secondary N) is 4. The summed E-state index contributed by atoms with van der Waals surface area (Å²) in [6.45, 7) is 22.3. The molecule has 4 aromatic carbocycles. The normalized spacial score (nSPS) is 13.3. The van der Waals surface area contributed by atoms with Crippen molar-refractivity contribution in [2.24, 2.45) is 0 Å². The number of allylic oxidation sites excluding steroid dienone is 1. The molecule has 60 heavy (non-hydrogen) atoms. The van der Waals surface area contributed by atoms with E-state index in [9.17, 15) is 4.79 Å². The number of carbonyl (C=O) groups is 1. The molecule has 8 heteroatoms. The number of amides is 1. The van der Waals surface area contributed by atoms with Gasteiger partial charge in [-0.05, 0) is 119 Å². The Kier molecular flexibility index (Phi) is 16.4. The topological polar surface area (TPSA) is 71.7 Å². The molecule has 0 aliphatic carbocycles. The fraction of sp³-hybridized carbons (Fsp3) is 0.365. The van der Waals surface area contributed by atoms with Gasteiger partial charge in [0, 0.05) is 81.1 Å². The molecule has 1 fully saturated rings. The van der Waals surface area contributed by atoms with Crippen molar-refractivity contribution in [3.63, 3.8) is 0 Å². The maximum Gasteiger partial charge on any atom is 0.222 e. The van der Waals surface area contributed by atoms with Crippen LogP contribution in [0.3, 0.4) is 0 Å². The van der Waals surface area contributed by atoms with Crippen LogP contribution in [0, 0.1) is 6.92 Å². The number of likely N-dealkylation sites (N-methyl/N-ethyl adjacent to an activating group) is 2. The Morgan fingerprint density at radius 3 is 2.52 bits per heavy atom. The first-order chi connectivity index (χ1) is 29.2. The Hall–Kier alpha value is -4.99. The van der Waals surface area contributed by atoms with E-state index in [4.69, 9.17) is 0 Å². The molecular formula is C52H66N6OS. The summed E-state index contributed by atoms with van der Waals surface area (Å²) in [7, 11) is 4.15. The molecule has 6 rings (SSSR count). The van der Waals surface area contributed by atoms with Crippen LogP contribution in [0.5, 0.6) is 0 Å². The zero-order chi connectivity index (χ0) is 42.4. The number of thiophene rings is 1. The van der Waals surface area contributed by atoms with Crippen LogP contribution in [-0.4, -0.2) is 68.1 Å². The van der Waals surface area contributed by atoms with Crippen LogP contribution < -0.4 is 21.3 Å². The van der Waals surface area contributed by atoms with Gasteiger partial charge in [0.05, 0.1) is 0 Å². The maximum atomic E-state index is 12.1. The molecule has 1 aliphatic rings. The monoisotopic (exact) mass is 823 g/mol. The molecule has 0 bridgehead atoms. The van der Waals surface area contributed by atoms with Crippen LogP contribution in [0.15, 0.2) is 116 Å². The quantitative estimate of drug-likeness (QED) is 0.0367. The number of benzene rings is 4. The molecule has 0 radical (unpaired) electrons. The van der Waals surface area contributed by atoms with E-state index < -0.39 is 0 Å². The number of hydrogen-bond acceptors (Lipinski definition) is 7. The van der Waals surface area contributed by atoms with Gasteiger partial charge in [-0.1, -0.05) is 105 Å². The molecule has 2 heterocycles. The lowest BCUT2D eigenvalue weighted by Crippen LogP contribution is -2.59. The maximum absolute atomic E-state index is 12.1. The van der Waals surface area contributed by atoms with Gasteiger partial charge in [-0.25, -0.2) is 0 Å². The van der Waals surface area contributed by atoms with Gasteiger partial charge in [-0.3, -0.25) is 9.69 Å². The third-order valence-corrected chi connectivity index (χ3v) is 13.0. The van der Waals surface area contributed by atoms with E-state index in [1.54, 1.807) is 0 Å². The summed E-state index contributed by atoms with van der Waals surface area (Å²) in [5, 5.41) is 19.2. The molecule has 1 aromatic heterocycles. The number of aryl methyl sites for hydroxylation is 3. The van der Waals surface area contributed by atoms with Gasteiger partial charge in [0.2, 0.25) is 5.91 Å².